The Balaban J connectivity index is 0.00000147. The van der Waals surface area contributed by atoms with E-state index in [-0.39, 0.29) is 18.3 Å². The molecule has 4 heteroatoms. The van der Waals surface area contributed by atoms with E-state index in [1.807, 2.05) is 37.4 Å². The summed E-state index contributed by atoms with van der Waals surface area (Å²) in [6.45, 7) is 0. The number of fused-ring (bicyclic) bond motifs is 2. The van der Waals surface area contributed by atoms with Crippen LogP contribution in [0.15, 0.2) is 30.3 Å². The van der Waals surface area contributed by atoms with E-state index in [0.29, 0.717) is 24.4 Å². The van der Waals surface area contributed by atoms with E-state index in [1.54, 1.807) is 4.90 Å². The topological polar surface area (TPSA) is 32.3 Å². The van der Waals surface area contributed by atoms with E-state index in [2.05, 4.69) is 5.32 Å². The summed E-state index contributed by atoms with van der Waals surface area (Å²) in [5.74, 6) is 0.815. The molecular formula is C16H23ClN2O. The third-order valence-corrected chi connectivity index (χ3v) is 4.55. The van der Waals surface area contributed by atoms with Crippen LogP contribution in [0.2, 0.25) is 0 Å². The van der Waals surface area contributed by atoms with Crippen LogP contribution < -0.4 is 10.2 Å². The molecule has 2 atom stereocenters. The molecule has 0 aromatic heterocycles. The quantitative estimate of drug-likeness (QED) is 0.929. The molecule has 1 amide bonds. The van der Waals surface area contributed by atoms with Crippen molar-refractivity contribution in [2.24, 2.45) is 5.92 Å². The minimum Gasteiger partial charge on any atom is -0.315 e. The molecule has 2 heterocycles. The Labute approximate surface area is 127 Å². The van der Waals surface area contributed by atoms with Gasteiger partial charge in [-0.1, -0.05) is 18.2 Å². The SMILES string of the molecule is CN(C(=O)CC1CC2CCC(C1)N2)c1ccccc1.Cl. The largest absolute Gasteiger partial charge is 0.315 e. The number of benzene rings is 1. The molecule has 0 saturated carbocycles. The monoisotopic (exact) mass is 294 g/mol. The molecule has 2 bridgehead atoms. The molecule has 2 aliphatic rings. The summed E-state index contributed by atoms with van der Waals surface area (Å²) in [7, 11) is 1.88. The molecule has 3 rings (SSSR count). The fourth-order valence-electron chi connectivity index (χ4n) is 3.52. The van der Waals surface area contributed by atoms with Crippen LogP contribution in [0.1, 0.15) is 32.1 Å². The zero-order chi connectivity index (χ0) is 13.2. The van der Waals surface area contributed by atoms with Gasteiger partial charge in [-0.2, -0.15) is 0 Å². The molecule has 1 N–H and O–H groups in total. The molecule has 0 spiro atoms. The summed E-state index contributed by atoms with van der Waals surface area (Å²) < 4.78 is 0. The first kappa shape index (κ1) is 15.3. The van der Waals surface area contributed by atoms with Crippen molar-refractivity contribution in [1.29, 1.82) is 0 Å². The molecular weight excluding hydrogens is 272 g/mol. The van der Waals surface area contributed by atoms with Gasteiger partial charge in [0.2, 0.25) is 5.91 Å². The normalized spacial score (nSPS) is 27.8. The first-order valence-corrected chi connectivity index (χ1v) is 7.30. The van der Waals surface area contributed by atoms with Crippen LogP contribution in [0.3, 0.4) is 0 Å². The van der Waals surface area contributed by atoms with Crippen LogP contribution in [0.4, 0.5) is 5.69 Å². The van der Waals surface area contributed by atoms with Crippen LogP contribution in [0.25, 0.3) is 0 Å². The van der Waals surface area contributed by atoms with Gasteiger partial charge >= 0.3 is 0 Å². The predicted molar refractivity (Wildman–Crippen MR) is 84.4 cm³/mol. The highest BCUT2D eigenvalue weighted by molar-refractivity contribution is 5.92. The number of halogens is 1. The van der Waals surface area contributed by atoms with Gasteiger partial charge in [0, 0.05) is 31.2 Å². The number of nitrogens with zero attached hydrogens (tertiary/aromatic N) is 1. The van der Waals surface area contributed by atoms with Gasteiger partial charge < -0.3 is 10.2 Å². The van der Waals surface area contributed by atoms with Crippen molar-refractivity contribution in [2.45, 2.75) is 44.2 Å². The molecule has 2 fully saturated rings. The van der Waals surface area contributed by atoms with Crippen LogP contribution in [0.5, 0.6) is 0 Å². The summed E-state index contributed by atoms with van der Waals surface area (Å²) in [4.78, 5) is 14.1. The molecule has 2 unspecified atom stereocenters. The van der Waals surface area contributed by atoms with E-state index in [0.717, 1.165) is 5.69 Å². The minimum absolute atomic E-state index is 0. The summed E-state index contributed by atoms with van der Waals surface area (Å²) in [6, 6.07) is 11.2. The van der Waals surface area contributed by atoms with Crippen molar-refractivity contribution < 1.29 is 4.79 Å². The Kier molecular flexibility index (Phi) is 5.06. The number of carbonyl (C=O) groups excluding carboxylic acids is 1. The predicted octanol–water partition coefficient (Wildman–Crippen LogP) is 2.99. The summed E-state index contributed by atoms with van der Waals surface area (Å²) in [5, 5.41) is 3.63. The standard InChI is InChI=1S/C16H22N2O.ClH/c1-18(15-5-3-2-4-6-15)16(19)11-12-9-13-7-8-14(10-12)17-13;/h2-6,12-14,17H,7-11H2,1H3;1H. The maximum Gasteiger partial charge on any atom is 0.226 e. The lowest BCUT2D eigenvalue weighted by atomic mass is 9.89. The van der Waals surface area contributed by atoms with Gasteiger partial charge in [-0.25, -0.2) is 0 Å². The first-order chi connectivity index (χ1) is 9.22. The van der Waals surface area contributed by atoms with Gasteiger partial charge in [0.1, 0.15) is 0 Å². The van der Waals surface area contributed by atoms with Gasteiger partial charge in [-0.05, 0) is 43.7 Å². The summed E-state index contributed by atoms with van der Waals surface area (Å²) in [6.07, 6.45) is 5.63. The third kappa shape index (κ3) is 3.33. The fraction of sp³-hybridized carbons (Fsp3) is 0.562. The molecule has 3 nitrogen and oxygen atoms in total. The van der Waals surface area contributed by atoms with Gasteiger partial charge in [0.15, 0.2) is 0 Å². The number of para-hydroxylation sites is 1. The lowest BCUT2D eigenvalue weighted by Gasteiger charge is -2.30. The van der Waals surface area contributed by atoms with Crippen molar-refractivity contribution in [1.82, 2.24) is 5.32 Å². The number of hydrogen-bond acceptors (Lipinski definition) is 2. The number of amides is 1. The van der Waals surface area contributed by atoms with Crippen molar-refractivity contribution in [3.05, 3.63) is 30.3 Å². The zero-order valence-corrected chi connectivity index (χ0v) is 12.7. The van der Waals surface area contributed by atoms with Crippen molar-refractivity contribution in [3.8, 4) is 0 Å². The van der Waals surface area contributed by atoms with Gasteiger partial charge in [0.25, 0.3) is 0 Å². The Bertz CT molecular complexity index is 439. The maximum absolute atomic E-state index is 12.4. The number of carbonyl (C=O) groups is 1. The average Bonchev–Trinajstić information content (AvgIpc) is 2.78. The Morgan fingerprint density at radius 3 is 2.40 bits per heavy atom. The molecule has 1 aromatic carbocycles. The number of anilines is 1. The molecule has 20 heavy (non-hydrogen) atoms. The third-order valence-electron chi connectivity index (χ3n) is 4.55. The van der Waals surface area contributed by atoms with Crippen LogP contribution in [-0.2, 0) is 4.79 Å². The number of rotatable bonds is 3. The Hall–Kier alpha value is -1.06. The zero-order valence-electron chi connectivity index (χ0n) is 11.9. The maximum atomic E-state index is 12.4. The van der Waals surface area contributed by atoms with E-state index >= 15 is 0 Å². The smallest absolute Gasteiger partial charge is 0.226 e. The Morgan fingerprint density at radius 1 is 1.20 bits per heavy atom. The lowest BCUT2D eigenvalue weighted by molar-refractivity contribution is -0.119. The van der Waals surface area contributed by atoms with Crippen LogP contribution >= 0.6 is 12.4 Å². The van der Waals surface area contributed by atoms with E-state index in [9.17, 15) is 4.79 Å². The van der Waals surface area contributed by atoms with Crippen LogP contribution in [-0.4, -0.2) is 25.0 Å². The van der Waals surface area contributed by atoms with Crippen molar-refractivity contribution in [3.63, 3.8) is 0 Å². The van der Waals surface area contributed by atoms with E-state index in [1.165, 1.54) is 25.7 Å². The molecule has 2 aliphatic heterocycles. The number of hydrogen-bond donors (Lipinski definition) is 1. The lowest BCUT2D eigenvalue weighted by Crippen LogP contribution is -2.40. The Morgan fingerprint density at radius 2 is 1.80 bits per heavy atom. The second-order valence-electron chi connectivity index (χ2n) is 5.97. The fourth-order valence-corrected chi connectivity index (χ4v) is 3.52. The van der Waals surface area contributed by atoms with E-state index < -0.39 is 0 Å². The molecule has 110 valence electrons. The highest BCUT2D eigenvalue weighted by Gasteiger charge is 2.34. The van der Waals surface area contributed by atoms with Gasteiger partial charge in [0.05, 0.1) is 0 Å². The molecule has 0 aliphatic carbocycles. The van der Waals surface area contributed by atoms with Crippen LogP contribution in [0, 0.1) is 5.92 Å². The van der Waals surface area contributed by atoms with Gasteiger partial charge in [-0.15, -0.1) is 12.4 Å². The number of piperidine rings is 1. The summed E-state index contributed by atoms with van der Waals surface area (Å²) >= 11 is 0. The van der Waals surface area contributed by atoms with Crippen molar-refractivity contribution in [2.75, 3.05) is 11.9 Å². The average molecular weight is 295 g/mol. The summed E-state index contributed by atoms with van der Waals surface area (Å²) in [5.41, 5.74) is 0.990. The molecule has 1 aromatic rings. The minimum atomic E-state index is 0. The second kappa shape index (κ2) is 6.59. The highest BCUT2D eigenvalue weighted by Crippen LogP contribution is 2.33. The first-order valence-electron chi connectivity index (χ1n) is 7.30. The number of nitrogens with one attached hydrogen (secondary N) is 1. The highest BCUT2D eigenvalue weighted by atomic mass is 35.5. The second-order valence-corrected chi connectivity index (χ2v) is 5.97. The molecule has 2 saturated heterocycles. The van der Waals surface area contributed by atoms with Crippen molar-refractivity contribution >= 4 is 24.0 Å². The van der Waals surface area contributed by atoms with E-state index in [4.69, 9.17) is 0 Å². The van der Waals surface area contributed by atoms with Gasteiger partial charge in [-0.3, -0.25) is 4.79 Å². The molecule has 0 radical (unpaired) electrons.